The number of hydrogen-bond acceptors (Lipinski definition) is 4. The zero-order chi connectivity index (χ0) is 13.2. The molecule has 5 heteroatoms. The second kappa shape index (κ2) is 5.03. The van der Waals surface area contributed by atoms with Gasteiger partial charge in [-0.25, -0.2) is 14.4 Å². The highest BCUT2D eigenvalue weighted by molar-refractivity contribution is 7.19. The molecule has 3 nitrogen and oxygen atoms in total. The van der Waals surface area contributed by atoms with Crippen molar-refractivity contribution in [3.8, 4) is 0 Å². The van der Waals surface area contributed by atoms with Crippen LogP contribution >= 0.6 is 11.3 Å². The van der Waals surface area contributed by atoms with Crippen molar-refractivity contribution in [2.75, 3.05) is 7.05 Å². The van der Waals surface area contributed by atoms with Crippen molar-refractivity contribution in [2.45, 2.75) is 6.04 Å². The van der Waals surface area contributed by atoms with Crippen LogP contribution in [0.5, 0.6) is 0 Å². The molecule has 0 aliphatic heterocycles. The third-order valence-electron chi connectivity index (χ3n) is 2.99. The fraction of sp³-hybridized carbons (Fsp3) is 0.143. The Bertz CT molecular complexity index is 696. The number of nitrogens with zero attached hydrogens (tertiary/aromatic N) is 2. The first-order valence-corrected chi connectivity index (χ1v) is 6.71. The van der Waals surface area contributed by atoms with Crippen molar-refractivity contribution in [1.82, 2.24) is 15.3 Å². The average molecular weight is 273 g/mol. The third-order valence-corrected chi connectivity index (χ3v) is 4.15. The summed E-state index contributed by atoms with van der Waals surface area (Å²) in [5.74, 6) is -0.204. The molecule has 0 fully saturated rings. The minimum Gasteiger partial charge on any atom is -0.309 e. The molecule has 0 aliphatic carbocycles. The molecule has 1 aromatic carbocycles. The minimum absolute atomic E-state index is 0.0293. The standard InChI is InChI=1S/C14H12FN3S/c1-16-14(10-6-17-8-18-7-10)13-4-9-2-3-11(15)5-12(9)19-13/h2-8,14,16H,1H3. The van der Waals surface area contributed by atoms with E-state index in [1.807, 2.05) is 7.05 Å². The van der Waals surface area contributed by atoms with Crippen molar-refractivity contribution in [3.63, 3.8) is 0 Å². The Morgan fingerprint density at radius 1 is 1.21 bits per heavy atom. The fourth-order valence-electron chi connectivity index (χ4n) is 2.10. The summed E-state index contributed by atoms with van der Waals surface area (Å²) in [4.78, 5) is 9.20. The predicted octanol–water partition coefficient (Wildman–Crippen LogP) is 3.14. The molecule has 1 atom stereocenters. The van der Waals surface area contributed by atoms with Crippen LogP contribution in [0.2, 0.25) is 0 Å². The van der Waals surface area contributed by atoms with E-state index >= 15 is 0 Å². The van der Waals surface area contributed by atoms with E-state index in [-0.39, 0.29) is 11.9 Å². The molecule has 0 spiro atoms. The molecule has 96 valence electrons. The summed E-state index contributed by atoms with van der Waals surface area (Å²) < 4.78 is 14.2. The monoisotopic (exact) mass is 273 g/mol. The Balaban J connectivity index is 2.07. The van der Waals surface area contributed by atoms with Gasteiger partial charge in [-0.05, 0) is 30.6 Å². The topological polar surface area (TPSA) is 37.8 Å². The lowest BCUT2D eigenvalue weighted by Gasteiger charge is -2.13. The van der Waals surface area contributed by atoms with Crippen LogP contribution in [0, 0.1) is 5.82 Å². The molecule has 0 aliphatic rings. The molecule has 0 saturated heterocycles. The summed E-state index contributed by atoms with van der Waals surface area (Å²) in [6.07, 6.45) is 5.09. The Hall–Kier alpha value is -1.85. The van der Waals surface area contributed by atoms with E-state index in [0.717, 1.165) is 20.5 Å². The summed E-state index contributed by atoms with van der Waals surface area (Å²) in [6, 6.07) is 6.96. The zero-order valence-electron chi connectivity index (χ0n) is 10.3. The lowest BCUT2D eigenvalue weighted by Crippen LogP contribution is -2.16. The Labute approximate surface area is 114 Å². The van der Waals surface area contributed by atoms with Crippen LogP contribution < -0.4 is 5.32 Å². The smallest absolute Gasteiger partial charge is 0.124 e. The summed E-state index contributed by atoms with van der Waals surface area (Å²) in [7, 11) is 1.89. The van der Waals surface area contributed by atoms with Crippen LogP contribution in [-0.4, -0.2) is 17.0 Å². The van der Waals surface area contributed by atoms with Crippen LogP contribution in [0.4, 0.5) is 4.39 Å². The van der Waals surface area contributed by atoms with Crippen LogP contribution in [0.25, 0.3) is 10.1 Å². The molecule has 1 N–H and O–H groups in total. The van der Waals surface area contributed by atoms with Gasteiger partial charge in [-0.1, -0.05) is 6.07 Å². The molecule has 3 aromatic rings. The van der Waals surface area contributed by atoms with E-state index in [0.29, 0.717) is 0 Å². The summed E-state index contributed by atoms with van der Waals surface area (Å²) in [5, 5.41) is 4.30. The number of benzene rings is 1. The fourth-order valence-corrected chi connectivity index (χ4v) is 3.33. The lowest BCUT2D eigenvalue weighted by molar-refractivity contribution is 0.630. The maximum atomic E-state index is 13.2. The van der Waals surface area contributed by atoms with Gasteiger partial charge < -0.3 is 5.32 Å². The van der Waals surface area contributed by atoms with Crippen molar-refractivity contribution in [3.05, 3.63) is 59.2 Å². The molecule has 19 heavy (non-hydrogen) atoms. The number of aromatic nitrogens is 2. The normalized spacial score (nSPS) is 12.7. The van der Waals surface area contributed by atoms with Gasteiger partial charge >= 0.3 is 0 Å². The maximum Gasteiger partial charge on any atom is 0.124 e. The second-order valence-electron chi connectivity index (χ2n) is 4.22. The van der Waals surface area contributed by atoms with Gasteiger partial charge in [0.25, 0.3) is 0 Å². The van der Waals surface area contributed by atoms with Crippen molar-refractivity contribution < 1.29 is 4.39 Å². The predicted molar refractivity (Wildman–Crippen MR) is 74.7 cm³/mol. The van der Waals surface area contributed by atoms with Crippen LogP contribution in [0.3, 0.4) is 0 Å². The SMILES string of the molecule is CNC(c1cncnc1)c1cc2ccc(F)cc2s1. The van der Waals surface area contributed by atoms with E-state index < -0.39 is 0 Å². The average Bonchev–Trinajstić information content (AvgIpc) is 2.83. The number of rotatable bonds is 3. The van der Waals surface area contributed by atoms with Gasteiger partial charge in [0.1, 0.15) is 12.1 Å². The van der Waals surface area contributed by atoms with E-state index in [9.17, 15) is 4.39 Å². The van der Waals surface area contributed by atoms with Gasteiger partial charge in [0, 0.05) is 27.5 Å². The molecule has 3 rings (SSSR count). The molecule has 0 amide bonds. The highest BCUT2D eigenvalue weighted by Crippen LogP contribution is 2.32. The molecule has 0 saturated carbocycles. The van der Waals surface area contributed by atoms with E-state index in [1.54, 1.807) is 35.9 Å². The number of fused-ring (bicyclic) bond motifs is 1. The number of halogens is 1. The molecular weight excluding hydrogens is 261 g/mol. The first-order chi connectivity index (χ1) is 9.28. The number of hydrogen-bond donors (Lipinski definition) is 1. The van der Waals surface area contributed by atoms with Crippen molar-refractivity contribution in [1.29, 1.82) is 0 Å². The number of thiophene rings is 1. The molecule has 2 heterocycles. The van der Waals surface area contributed by atoms with Gasteiger partial charge in [-0.3, -0.25) is 0 Å². The van der Waals surface area contributed by atoms with E-state index in [1.165, 1.54) is 12.4 Å². The highest BCUT2D eigenvalue weighted by Gasteiger charge is 2.15. The Morgan fingerprint density at radius 2 is 2.00 bits per heavy atom. The molecule has 1 unspecified atom stereocenters. The molecule has 0 radical (unpaired) electrons. The van der Waals surface area contributed by atoms with Crippen molar-refractivity contribution >= 4 is 21.4 Å². The third kappa shape index (κ3) is 2.34. The minimum atomic E-state index is -0.204. The van der Waals surface area contributed by atoms with Gasteiger partial charge in [0.15, 0.2) is 0 Å². The molecule has 0 bridgehead atoms. The van der Waals surface area contributed by atoms with E-state index in [2.05, 4.69) is 21.4 Å². The quantitative estimate of drug-likeness (QED) is 0.796. The lowest BCUT2D eigenvalue weighted by atomic mass is 10.1. The van der Waals surface area contributed by atoms with Gasteiger partial charge in [0.2, 0.25) is 0 Å². The van der Waals surface area contributed by atoms with Gasteiger partial charge in [0.05, 0.1) is 6.04 Å². The van der Waals surface area contributed by atoms with Crippen LogP contribution in [0.15, 0.2) is 43.0 Å². The largest absolute Gasteiger partial charge is 0.309 e. The second-order valence-corrected chi connectivity index (χ2v) is 5.34. The zero-order valence-corrected chi connectivity index (χ0v) is 11.1. The van der Waals surface area contributed by atoms with E-state index in [4.69, 9.17) is 0 Å². The maximum absolute atomic E-state index is 13.2. The first-order valence-electron chi connectivity index (χ1n) is 5.89. The van der Waals surface area contributed by atoms with Crippen LogP contribution in [0.1, 0.15) is 16.5 Å². The summed E-state index contributed by atoms with van der Waals surface area (Å²) >= 11 is 1.58. The number of nitrogens with one attached hydrogen (secondary N) is 1. The highest BCUT2D eigenvalue weighted by atomic mass is 32.1. The summed E-state index contributed by atoms with van der Waals surface area (Å²) in [6.45, 7) is 0. The van der Waals surface area contributed by atoms with Crippen molar-refractivity contribution in [2.24, 2.45) is 0 Å². The molecule has 2 aromatic heterocycles. The molecular formula is C14H12FN3S. The van der Waals surface area contributed by atoms with Gasteiger partial charge in [-0.15, -0.1) is 11.3 Å². The Morgan fingerprint density at radius 3 is 2.74 bits per heavy atom. The summed E-state index contributed by atoms with van der Waals surface area (Å²) in [5.41, 5.74) is 0.997. The Kier molecular flexibility index (Phi) is 3.23. The first kappa shape index (κ1) is 12.2. The van der Waals surface area contributed by atoms with Crippen LogP contribution in [-0.2, 0) is 0 Å². The van der Waals surface area contributed by atoms with Gasteiger partial charge in [-0.2, -0.15) is 0 Å².